The van der Waals surface area contributed by atoms with Crippen molar-refractivity contribution in [3.63, 3.8) is 0 Å². The third-order valence-electron chi connectivity index (χ3n) is 4.23. The fraction of sp³-hybridized carbons (Fsp3) is 0.150. The summed E-state index contributed by atoms with van der Waals surface area (Å²) >= 11 is 0. The van der Waals surface area contributed by atoms with Gasteiger partial charge in [0, 0.05) is 12.6 Å². The molecule has 6 nitrogen and oxygen atoms in total. The molecule has 0 aliphatic heterocycles. The van der Waals surface area contributed by atoms with Crippen molar-refractivity contribution >= 4 is 23.2 Å². The summed E-state index contributed by atoms with van der Waals surface area (Å²) in [6, 6.07) is 8.78. The first-order valence-corrected chi connectivity index (χ1v) is 8.67. The van der Waals surface area contributed by atoms with Crippen LogP contribution in [0.15, 0.2) is 48.7 Å². The molecule has 3 aromatic rings. The summed E-state index contributed by atoms with van der Waals surface area (Å²) in [5, 5.41) is 8.45. The number of rotatable bonds is 4. The van der Waals surface area contributed by atoms with Crippen LogP contribution in [0, 0.1) is 12.7 Å². The number of alkyl halides is 3. The summed E-state index contributed by atoms with van der Waals surface area (Å²) in [5.74, 6) is -1.94. The molecule has 0 atom stereocenters. The predicted molar refractivity (Wildman–Crippen MR) is 102 cm³/mol. The molecule has 0 aliphatic rings. The monoisotopic (exact) mass is 420 g/mol. The maximum Gasteiger partial charge on any atom is 0.418 e. The average Bonchev–Trinajstić information content (AvgIpc) is 3.03. The number of nitrogens with one attached hydrogen (secondary N) is 2. The Kier molecular flexibility index (Phi) is 5.59. The highest BCUT2D eigenvalue weighted by Gasteiger charge is 2.34. The first-order chi connectivity index (χ1) is 14.1. The number of halogens is 4. The van der Waals surface area contributed by atoms with Crippen molar-refractivity contribution in [2.24, 2.45) is 0 Å². The molecule has 1 aromatic heterocycles. The smallest absolute Gasteiger partial charge is 0.326 e. The number of hydrogen-bond donors (Lipinski definition) is 2. The number of hydrogen-bond acceptors (Lipinski definition) is 3. The molecule has 0 aliphatic carbocycles. The molecule has 0 spiro atoms. The minimum Gasteiger partial charge on any atom is -0.326 e. The van der Waals surface area contributed by atoms with Crippen molar-refractivity contribution in [1.29, 1.82) is 0 Å². The van der Waals surface area contributed by atoms with Gasteiger partial charge in [0.25, 0.3) is 5.91 Å². The molecular formula is C20H16F4N4O2. The molecule has 0 radical (unpaired) electrons. The van der Waals surface area contributed by atoms with E-state index >= 15 is 0 Å². The number of carbonyl (C=O) groups excluding carboxylic acids is 2. The molecule has 0 bridgehead atoms. The Bertz CT molecular complexity index is 1120. The summed E-state index contributed by atoms with van der Waals surface area (Å²) < 4.78 is 55.5. The van der Waals surface area contributed by atoms with Crippen LogP contribution in [-0.2, 0) is 11.0 Å². The zero-order valence-electron chi connectivity index (χ0n) is 15.8. The molecule has 0 saturated heterocycles. The molecule has 2 N–H and O–H groups in total. The Morgan fingerprint density at radius 2 is 1.77 bits per heavy atom. The molecule has 30 heavy (non-hydrogen) atoms. The fourth-order valence-electron chi connectivity index (χ4n) is 2.86. The van der Waals surface area contributed by atoms with Crippen molar-refractivity contribution in [3.8, 4) is 5.69 Å². The van der Waals surface area contributed by atoms with Gasteiger partial charge in [0.15, 0.2) is 0 Å². The molecule has 2 aromatic carbocycles. The van der Waals surface area contributed by atoms with Crippen molar-refractivity contribution < 1.29 is 27.2 Å². The van der Waals surface area contributed by atoms with Gasteiger partial charge >= 0.3 is 6.18 Å². The first kappa shape index (κ1) is 21.0. The summed E-state index contributed by atoms with van der Waals surface area (Å²) in [5.41, 5.74) is -1.33. The van der Waals surface area contributed by atoms with Gasteiger partial charge in [-0.1, -0.05) is 12.1 Å². The van der Waals surface area contributed by atoms with Gasteiger partial charge in [-0.25, -0.2) is 9.07 Å². The SMILES string of the molecule is CC(=O)Nc1ccc(NC(=O)c2cnn(-c3ccccc3F)c2C)c(C(F)(F)F)c1. The minimum absolute atomic E-state index is 0.0164. The number of amides is 2. The summed E-state index contributed by atoms with van der Waals surface area (Å²) in [7, 11) is 0. The van der Waals surface area contributed by atoms with Crippen LogP contribution in [0.25, 0.3) is 5.69 Å². The highest BCUT2D eigenvalue weighted by Crippen LogP contribution is 2.37. The van der Waals surface area contributed by atoms with Crippen LogP contribution in [-0.4, -0.2) is 21.6 Å². The zero-order chi connectivity index (χ0) is 22.1. The van der Waals surface area contributed by atoms with E-state index in [9.17, 15) is 27.2 Å². The van der Waals surface area contributed by atoms with E-state index in [-0.39, 0.29) is 22.6 Å². The van der Waals surface area contributed by atoms with Crippen LogP contribution in [0.2, 0.25) is 0 Å². The van der Waals surface area contributed by atoms with Crippen molar-refractivity contribution in [3.05, 3.63) is 71.3 Å². The second-order valence-electron chi connectivity index (χ2n) is 6.40. The topological polar surface area (TPSA) is 76.0 Å². The highest BCUT2D eigenvalue weighted by atomic mass is 19.4. The second kappa shape index (κ2) is 7.97. The van der Waals surface area contributed by atoms with E-state index in [0.717, 1.165) is 18.3 Å². The largest absolute Gasteiger partial charge is 0.418 e. The summed E-state index contributed by atoms with van der Waals surface area (Å²) in [6.07, 6.45) is -3.63. The van der Waals surface area contributed by atoms with E-state index in [1.807, 2.05) is 0 Å². The molecule has 156 valence electrons. The Balaban J connectivity index is 1.93. The number of nitrogens with zero attached hydrogens (tertiary/aromatic N) is 2. The molecule has 10 heteroatoms. The molecule has 2 amide bonds. The van der Waals surface area contributed by atoms with E-state index in [4.69, 9.17) is 0 Å². The van der Waals surface area contributed by atoms with E-state index < -0.39 is 35.1 Å². The van der Waals surface area contributed by atoms with E-state index in [1.54, 1.807) is 6.07 Å². The third kappa shape index (κ3) is 4.32. The first-order valence-electron chi connectivity index (χ1n) is 8.67. The fourth-order valence-corrected chi connectivity index (χ4v) is 2.86. The third-order valence-corrected chi connectivity index (χ3v) is 4.23. The minimum atomic E-state index is -4.77. The van der Waals surface area contributed by atoms with Gasteiger partial charge < -0.3 is 10.6 Å². The molecule has 3 rings (SSSR count). The quantitative estimate of drug-likeness (QED) is 0.608. The summed E-state index contributed by atoms with van der Waals surface area (Å²) in [6.45, 7) is 2.66. The van der Waals surface area contributed by atoms with E-state index in [1.165, 1.54) is 42.8 Å². The maximum absolute atomic E-state index is 14.0. The van der Waals surface area contributed by atoms with E-state index in [2.05, 4.69) is 15.7 Å². The number of carbonyl (C=O) groups is 2. The summed E-state index contributed by atoms with van der Waals surface area (Å²) in [4.78, 5) is 23.7. The van der Waals surface area contributed by atoms with Crippen molar-refractivity contribution in [2.75, 3.05) is 10.6 Å². The van der Waals surface area contributed by atoms with Gasteiger partial charge in [-0.15, -0.1) is 0 Å². The Labute approximate surface area is 168 Å². The van der Waals surface area contributed by atoms with Gasteiger partial charge in [-0.2, -0.15) is 18.3 Å². The van der Waals surface area contributed by atoms with Gasteiger partial charge in [-0.05, 0) is 37.3 Å². The maximum atomic E-state index is 14.0. The van der Waals surface area contributed by atoms with Crippen LogP contribution >= 0.6 is 0 Å². The Morgan fingerprint density at radius 3 is 2.40 bits per heavy atom. The van der Waals surface area contributed by atoms with Gasteiger partial charge in [0.1, 0.15) is 11.5 Å². The van der Waals surface area contributed by atoms with Crippen molar-refractivity contribution in [1.82, 2.24) is 9.78 Å². The lowest BCUT2D eigenvalue weighted by molar-refractivity contribution is -0.137. The Morgan fingerprint density at radius 1 is 1.07 bits per heavy atom. The number of aromatic nitrogens is 2. The van der Waals surface area contributed by atoms with Crippen LogP contribution in [0.1, 0.15) is 28.5 Å². The van der Waals surface area contributed by atoms with Gasteiger partial charge in [0.2, 0.25) is 5.91 Å². The molecule has 0 unspecified atom stereocenters. The van der Waals surface area contributed by atoms with E-state index in [0.29, 0.717) is 0 Å². The lowest BCUT2D eigenvalue weighted by Gasteiger charge is -2.15. The van der Waals surface area contributed by atoms with Crippen LogP contribution in [0.3, 0.4) is 0 Å². The van der Waals surface area contributed by atoms with Crippen LogP contribution < -0.4 is 10.6 Å². The van der Waals surface area contributed by atoms with Gasteiger partial charge in [-0.3, -0.25) is 9.59 Å². The lowest BCUT2D eigenvalue weighted by Crippen LogP contribution is -2.18. The number of anilines is 2. The van der Waals surface area contributed by atoms with Gasteiger partial charge in [0.05, 0.1) is 28.7 Å². The standard InChI is InChI=1S/C20H16F4N4O2/c1-11-14(10-25-28(11)18-6-4-3-5-16(18)21)19(30)27-17-8-7-13(26-12(2)29)9-15(17)20(22,23)24/h3-10H,1-2H3,(H,26,29)(H,27,30). The molecule has 1 heterocycles. The average molecular weight is 420 g/mol. The second-order valence-corrected chi connectivity index (χ2v) is 6.40. The molecule has 0 fully saturated rings. The number of para-hydroxylation sites is 1. The molecular weight excluding hydrogens is 404 g/mol. The normalized spacial score (nSPS) is 11.3. The lowest BCUT2D eigenvalue weighted by atomic mass is 10.1. The Hall–Kier alpha value is -3.69. The van der Waals surface area contributed by atoms with Crippen LogP contribution in [0.4, 0.5) is 28.9 Å². The van der Waals surface area contributed by atoms with Crippen molar-refractivity contribution in [2.45, 2.75) is 20.0 Å². The number of benzene rings is 2. The molecule has 0 saturated carbocycles. The highest BCUT2D eigenvalue weighted by molar-refractivity contribution is 6.05. The van der Waals surface area contributed by atoms with Crippen LogP contribution in [0.5, 0.6) is 0 Å². The zero-order valence-corrected chi connectivity index (χ0v) is 15.8. The predicted octanol–water partition coefficient (Wildman–Crippen LogP) is 4.55.